The molecular formula is C54H33N3. The summed E-state index contributed by atoms with van der Waals surface area (Å²) in [6.07, 6.45) is 7.60. The molecule has 264 valence electrons. The van der Waals surface area contributed by atoms with Crippen LogP contribution in [-0.2, 0) is 0 Å². The summed E-state index contributed by atoms with van der Waals surface area (Å²) >= 11 is 0. The first-order valence-electron chi connectivity index (χ1n) is 19.5. The molecular weight excluding hydrogens is 691 g/mol. The second kappa shape index (κ2) is 12.5. The Morgan fingerprint density at radius 3 is 1.61 bits per heavy atom. The van der Waals surface area contributed by atoms with Gasteiger partial charge in [0, 0.05) is 46.8 Å². The Morgan fingerprint density at radius 1 is 0.316 bits per heavy atom. The highest BCUT2D eigenvalue weighted by Crippen LogP contribution is 2.58. The molecule has 3 heteroatoms. The van der Waals surface area contributed by atoms with Crippen molar-refractivity contribution in [2.75, 3.05) is 0 Å². The number of nitrogens with zero attached hydrogens (tertiary/aromatic N) is 3. The van der Waals surface area contributed by atoms with Gasteiger partial charge < -0.3 is 4.57 Å². The summed E-state index contributed by atoms with van der Waals surface area (Å²) < 4.78 is 2.36. The second-order valence-corrected chi connectivity index (χ2v) is 14.9. The van der Waals surface area contributed by atoms with E-state index in [2.05, 4.69) is 184 Å². The van der Waals surface area contributed by atoms with E-state index in [0.717, 1.165) is 33.2 Å². The summed E-state index contributed by atoms with van der Waals surface area (Å²) in [5, 5.41) is 7.44. The first-order valence-corrected chi connectivity index (χ1v) is 19.5. The topological polar surface area (TPSA) is 30.7 Å². The Hall–Kier alpha value is -7.62. The van der Waals surface area contributed by atoms with Crippen LogP contribution in [0.3, 0.4) is 0 Å². The van der Waals surface area contributed by atoms with Crippen LogP contribution in [0.5, 0.6) is 0 Å². The number of pyridine rings is 2. The summed E-state index contributed by atoms with van der Waals surface area (Å²) in [5.74, 6) is 0. The lowest BCUT2D eigenvalue weighted by molar-refractivity contribution is 1.17. The molecule has 57 heavy (non-hydrogen) atoms. The maximum Gasteiger partial charge on any atom is 0.0571 e. The molecule has 0 saturated heterocycles. The summed E-state index contributed by atoms with van der Waals surface area (Å²) in [4.78, 5) is 8.88. The summed E-state index contributed by atoms with van der Waals surface area (Å²) in [6.45, 7) is 0. The van der Waals surface area contributed by atoms with Crippen LogP contribution in [0.25, 0.3) is 116 Å². The first kappa shape index (κ1) is 31.7. The van der Waals surface area contributed by atoms with E-state index in [1.807, 2.05) is 30.9 Å². The summed E-state index contributed by atoms with van der Waals surface area (Å²) in [7, 11) is 0. The van der Waals surface area contributed by atoms with Crippen molar-refractivity contribution in [3.05, 3.63) is 201 Å². The van der Waals surface area contributed by atoms with Gasteiger partial charge in [0.25, 0.3) is 0 Å². The van der Waals surface area contributed by atoms with Crippen LogP contribution in [0.15, 0.2) is 201 Å². The van der Waals surface area contributed by atoms with Crippen molar-refractivity contribution in [2.45, 2.75) is 0 Å². The largest absolute Gasteiger partial charge is 0.309 e. The maximum atomic E-state index is 4.52. The molecule has 1 aliphatic carbocycles. The van der Waals surface area contributed by atoms with Gasteiger partial charge in [0.15, 0.2) is 0 Å². The minimum absolute atomic E-state index is 1.10. The van der Waals surface area contributed by atoms with E-state index in [-0.39, 0.29) is 0 Å². The third-order valence-corrected chi connectivity index (χ3v) is 11.9. The van der Waals surface area contributed by atoms with Gasteiger partial charge in [0.2, 0.25) is 0 Å². The van der Waals surface area contributed by atoms with Crippen LogP contribution in [-0.4, -0.2) is 14.5 Å². The molecule has 11 aromatic rings. The third kappa shape index (κ3) is 4.73. The molecule has 0 amide bonds. The predicted molar refractivity (Wildman–Crippen MR) is 238 cm³/mol. The Bertz CT molecular complexity index is 3270. The lowest BCUT2D eigenvalue weighted by atomic mass is 9.82. The molecule has 0 N–H and O–H groups in total. The molecule has 0 radical (unpaired) electrons. The highest BCUT2D eigenvalue weighted by atomic mass is 15.0. The van der Waals surface area contributed by atoms with E-state index in [0.29, 0.717) is 0 Å². The molecule has 0 aliphatic heterocycles. The van der Waals surface area contributed by atoms with E-state index in [1.54, 1.807) is 0 Å². The van der Waals surface area contributed by atoms with Gasteiger partial charge in [-0.2, -0.15) is 0 Å². The van der Waals surface area contributed by atoms with Crippen molar-refractivity contribution >= 4 is 43.4 Å². The molecule has 0 spiro atoms. The van der Waals surface area contributed by atoms with Crippen LogP contribution in [0.2, 0.25) is 0 Å². The average molecular weight is 724 g/mol. The molecule has 0 saturated carbocycles. The minimum Gasteiger partial charge on any atom is -0.309 e. The van der Waals surface area contributed by atoms with Crippen LogP contribution >= 0.6 is 0 Å². The third-order valence-electron chi connectivity index (χ3n) is 11.9. The van der Waals surface area contributed by atoms with Crippen LogP contribution < -0.4 is 0 Å². The van der Waals surface area contributed by atoms with Crippen molar-refractivity contribution in [1.29, 1.82) is 0 Å². The molecule has 0 fully saturated rings. The molecule has 1 aliphatic rings. The predicted octanol–water partition coefficient (Wildman–Crippen LogP) is 14.2. The molecule has 0 bridgehead atoms. The van der Waals surface area contributed by atoms with Crippen molar-refractivity contribution in [1.82, 2.24) is 14.5 Å². The molecule has 3 nitrogen and oxygen atoms in total. The second-order valence-electron chi connectivity index (χ2n) is 14.9. The molecule has 8 aromatic carbocycles. The van der Waals surface area contributed by atoms with Gasteiger partial charge in [-0.1, -0.05) is 140 Å². The zero-order valence-corrected chi connectivity index (χ0v) is 30.9. The van der Waals surface area contributed by atoms with Gasteiger partial charge in [0.1, 0.15) is 0 Å². The van der Waals surface area contributed by atoms with Gasteiger partial charge in [-0.05, 0) is 119 Å². The Kier molecular flexibility index (Phi) is 6.93. The highest BCUT2D eigenvalue weighted by molar-refractivity contribution is 6.28. The van der Waals surface area contributed by atoms with Crippen LogP contribution in [0.4, 0.5) is 0 Å². The lowest BCUT2D eigenvalue weighted by Crippen LogP contribution is -1.94. The molecule has 12 rings (SSSR count). The SMILES string of the molecule is c1ccc(-c2c3c(c(-c4ccccc4)c4ccccc24)-c2ccc(-c4ccc(-n5c6ccncc6c6cc(-c7cccnc7)ccc65)cc4)c4cccc-3c24)cc1. The molecule has 0 atom stereocenters. The fourth-order valence-electron chi connectivity index (χ4n) is 9.51. The fourth-order valence-corrected chi connectivity index (χ4v) is 9.51. The normalized spacial score (nSPS) is 11.9. The number of benzene rings is 8. The Balaban J connectivity index is 1.05. The standard InChI is InChI=1S/C54H33N3/c1-3-11-35(12-4-1)50-42-16-7-8-17-43(42)51(36-13-5-2-6-14-36)54-45-26-25-40(41-18-9-19-44(52(41)45)53(50)54)34-20-23-39(24-21-34)57-48-27-22-37(38-15-10-29-55-32-38)31-46(48)47-33-56-30-28-49(47)57/h1-33H. The van der Waals surface area contributed by atoms with Crippen molar-refractivity contribution in [3.8, 4) is 72.4 Å². The Labute approximate surface area is 329 Å². The number of rotatable bonds is 5. The van der Waals surface area contributed by atoms with Gasteiger partial charge in [0.05, 0.1) is 11.0 Å². The number of fused-ring (bicyclic) bond motifs is 7. The molecule has 3 heterocycles. The van der Waals surface area contributed by atoms with E-state index in [1.165, 1.54) is 82.6 Å². The van der Waals surface area contributed by atoms with Crippen molar-refractivity contribution < 1.29 is 0 Å². The fraction of sp³-hybridized carbons (Fsp3) is 0. The molecule has 0 unspecified atom stereocenters. The zero-order chi connectivity index (χ0) is 37.5. The number of aromatic nitrogens is 3. The highest BCUT2D eigenvalue weighted by Gasteiger charge is 2.31. The first-order chi connectivity index (χ1) is 28.3. The van der Waals surface area contributed by atoms with Crippen LogP contribution in [0.1, 0.15) is 0 Å². The number of hydrogen-bond acceptors (Lipinski definition) is 2. The van der Waals surface area contributed by atoms with Gasteiger partial charge in [-0.3, -0.25) is 9.97 Å². The van der Waals surface area contributed by atoms with Crippen molar-refractivity contribution in [3.63, 3.8) is 0 Å². The zero-order valence-electron chi connectivity index (χ0n) is 30.9. The quantitative estimate of drug-likeness (QED) is 0.177. The van der Waals surface area contributed by atoms with Crippen molar-refractivity contribution in [2.24, 2.45) is 0 Å². The van der Waals surface area contributed by atoms with E-state index < -0.39 is 0 Å². The number of hydrogen-bond donors (Lipinski definition) is 0. The van der Waals surface area contributed by atoms with Gasteiger partial charge >= 0.3 is 0 Å². The minimum atomic E-state index is 1.10. The monoisotopic (exact) mass is 723 g/mol. The Morgan fingerprint density at radius 2 is 0.912 bits per heavy atom. The van der Waals surface area contributed by atoms with Gasteiger partial charge in [-0.25, -0.2) is 0 Å². The summed E-state index contributed by atoms with van der Waals surface area (Å²) in [5.41, 5.74) is 18.4. The molecule has 3 aromatic heterocycles. The summed E-state index contributed by atoms with van der Waals surface area (Å²) in [6, 6.07) is 64.4. The smallest absolute Gasteiger partial charge is 0.0571 e. The maximum absolute atomic E-state index is 4.52. The van der Waals surface area contributed by atoms with Gasteiger partial charge in [-0.15, -0.1) is 0 Å². The van der Waals surface area contributed by atoms with E-state index >= 15 is 0 Å². The average Bonchev–Trinajstić information content (AvgIpc) is 3.80. The lowest BCUT2D eigenvalue weighted by Gasteiger charge is -2.20. The van der Waals surface area contributed by atoms with E-state index in [4.69, 9.17) is 0 Å². The van der Waals surface area contributed by atoms with Crippen LogP contribution in [0, 0.1) is 0 Å². The van der Waals surface area contributed by atoms with E-state index in [9.17, 15) is 0 Å².